The Bertz CT molecular complexity index is 579. The summed E-state index contributed by atoms with van der Waals surface area (Å²) in [6.45, 7) is 0.482. The van der Waals surface area contributed by atoms with Gasteiger partial charge in [-0.1, -0.05) is 22.8 Å². The molecule has 3 nitrogen and oxygen atoms in total. The molecule has 0 spiro atoms. The Hall–Kier alpha value is -1.43. The molecule has 0 bridgehead atoms. The van der Waals surface area contributed by atoms with E-state index in [1.165, 1.54) is 6.07 Å². The van der Waals surface area contributed by atoms with E-state index in [0.717, 1.165) is 0 Å². The number of amidine groups is 1. The molecule has 1 heterocycles. The predicted octanol–water partition coefficient (Wildman–Crippen LogP) is 4.80. The molecule has 1 saturated carbocycles. The minimum atomic E-state index is -2.54. The molecule has 0 atom stereocenters. The van der Waals surface area contributed by atoms with Crippen LogP contribution < -0.4 is 0 Å². The van der Waals surface area contributed by atoms with E-state index in [4.69, 9.17) is 16.4 Å². The predicted molar refractivity (Wildman–Crippen MR) is 81.9 cm³/mol. The molecule has 0 radical (unpaired) electrons. The lowest BCUT2D eigenvalue weighted by molar-refractivity contribution is -0.0451. The Labute approximate surface area is 138 Å². The van der Waals surface area contributed by atoms with Gasteiger partial charge in [-0.15, -0.1) is 0 Å². The fourth-order valence-electron chi connectivity index (χ4n) is 3.05. The van der Waals surface area contributed by atoms with E-state index in [-0.39, 0.29) is 37.9 Å². The molecule has 1 aromatic carbocycles. The van der Waals surface area contributed by atoms with Crippen LogP contribution in [-0.2, 0) is 11.4 Å². The lowest BCUT2D eigenvalue weighted by Gasteiger charge is -2.29. The molecule has 0 saturated heterocycles. The highest BCUT2D eigenvalue weighted by Crippen LogP contribution is 2.38. The van der Waals surface area contributed by atoms with Crippen molar-refractivity contribution >= 4 is 17.4 Å². The van der Waals surface area contributed by atoms with E-state index in [1.54, 1.807) is 17.0 Å². The zero-order valence-electron chi connectivity index (χ0n) is 12.6. The Morgan fingerprint density at radius 3 is 2.74 bits per heavy atom. The van der Waals surface area contributed by atoms with Crippen molar-refractivity contribution in [2.45, 2.75) is 44.6 Å². The summed E-state index contributed by atoms with van der Waals surface area (Å²) < 4.78 is 40.3. The van der Waals surface area contributed by atoms with Gasteiger partial charge in [0.25, 0.3) is 0 Å². The van der Waals surface area contributed by atoms with Gasteiger partial charge in [0.2, 0.25) is 5.92 Å². The lowest BCUT2D eigenvalue weighted by atomic mass is 9.84. The van der Waals surface area contributed by atoms with E-state index >= 15 is 0 Å². The highest BCUT2D eigenvalue weighted by Gasteiger charge is 2.36. The summed E-state index contributed by atoms with van der Waals surface area (Å²) in [5.41, 5.74) is 0.391. The number of hydrogen-bond acceptors (Lipinski definition) is 3. The molecule has 0 aromatic heterocycles. The molecular weight excluding hydrogens is 329 g/mol. The zero-order chi connectivity index (χ0) is 16.4. The summed E-state index contributed by atoms with van der Waals surface area (Å²) in [6.07, 6.45) is 1.36. The van der Waals surface area contributed by atoms with Crippen molar-refractivity contribution in [3.8, 4) is 0 Å². The first kappa shape index (κ1) is 16.4. The van der Waals surface area contributed by atoms with Crippen LogP contribution in [0.3, 0.4) is 0 Å². The van der Waals surface area contributed by atoms with E-state index in [9.17, 15) is 13.2 Å². The van der Waals surface area contributed by atoms with E-state index < -0.39 is 5.92 Å². The lowest BCUT2D eigenvalue weighted by Crippen LogP contribution is -2.31. The summed E-state index contributed by atoms with van der Waals surface area (Å²) in [5.74, 6) is -2.07. The Kier molecular flexibility index (Phi) is 4.71. The third-order valence-electron chi connectivity index (χ3n) is 4.47. The van der Waals surface area contributed by atoms with Crippen molar-refractivity contribution in [2.75, 3.05) is 6.73 Å². The fraction of sp³-hybridized carbons (Fsp3) is 0.562. The van der Waals surface area contributed by atoms with Gasteiger partial charge in [0.05, 0.1) is 6.54 Å². The molecule has 1 aliphatic heterocycles. The van der Waals surface area contributed by atoms with Gasteiger partial charge < -0.3 is 9.74 Å². The highest BCUT2D eigenvalue weighted by atomic mass is 35.5. The Balaban J connectivity index is 1.62. The van der Waals surface area contributed by atoms with Crippen LogP contribution in [0.15, 0.2) is 23.4 Å². The number of nitrogens with zero attached hydrogens (tertiary/aromatic N) is 2. The van der Waals surface area contributed by atoms with Crippen LogP contribution in [0.5, 0.6) is 0 Å². The molecule has 2 aliphatic rings. The number of rotatable bonds is 4. The van der Waals surface area contributed by atoms with Crippen molar-refractivity contribution in [1.82, 2.24) is 4.90 Å². The summed E-state index contributed by atoms with van der Waals surface area (Å²) in [6, 6.07) is 4.55. The van der Waals surface area contributed by atoms with Crippen molar-refractivity contribution in [2.24, 2.45) is 11.1 Å². The SMILES string of the molecule is Fc1cccc(Cl)c1CN1CON=C1CC1CCC(F)(F)CC1. The summed E-state index contributed by atoms with van der Waals surface area (Å²) in [7, 11) is 0. The van der Waals surface area contributed by atoms with Crippen LogP contribution in [0.25, 0.3) is 0 Å². The van der Waals surface area contributed by atoms with Gasteiger partial charge in [-0.2, -0.15) is 0 Å². The van der Waals surface area contributed by atoms with Gasteiger partial charge in [-0.05, 0) is 30.9 Å². The average molecular weight is 347 g/mol. The van der Waals surface area contributed by atoms with Crippen molar-refractivity contribution in [3.63, 3.8) is 0 Å². The van der Waals surface area contributed by atoms with Gasteiger partial charge >= 0.3 is 0 Å². The zero-order valence-corrected chi connectivity index (χ0v) is 13.3. The topological polar surface area (TPSA) is 24.8 Å². The van der Waals surface area contributed by atoms with Gasteiger partial charge in [0, 0.05) is 29.8 Å². The van der Waals surface area contributed by atoms with Crippen LogP contribution in [0, 0.1) is 11.7 Å². The average Bonchev–Trinajstić information content (AvgIpc) is 2.92. The summed E-state index contributed by atoms with van der Waals surface area (Å²) in [5, 5.41) is 4.35. The number of hydrogen-bond donors (Lipinski definition) is 0. The first-order chi connectivity index (χ1) is 10.9. The van der Waals surface area contributed by atoms with Gasteiger partial charge in [0.15, 0.2) is 6.73 Å². The Morgan fingerprint density at radius 2 is 2.04 bits per heavy atom. The van der Waals surface area contributed by atoms with Crippen molar-refractivity contribution in [1.29, 1.82) is 0 Å². The van der Waals surface area contributed by atoms with Gasteiger partial charge in [0.1, 0.15) is 11.7 Å². The highest BCUT2D eigenvalue weighted by molar-refractivity contribution is 6.31. The molecule has 1 aromatic rings. The molecular formula is C16H18ClF3N2O. The number of oxime groups is 1. The van der Waals surface area contributed by atoms with Crippen LogP contribution in [0.1, 0.15) is 37.7 Å². The third-order valence-corrected chi connectivity index (χ3v) is 4.82. The molecule has 126 valence electrons. The number of benzene rings is 1. The van der Waals surface area contributed by atoms with E-state index in [2.05, 4.69) is 5.16 Å². The van der Waals surface area contributed by atoms with Gasteiger partial charge in [-0.25, -0.2) is 13.2 Å². The van der Waals surface area contributed by atoms with Crippen molar-refractivity contribution < 1.29 is 18.0 Å². The van der Waals surface area contributed by atoms with Crippen LogP contribution >= 0.6 is 11.6 Å². The van der Waals surface area contributed by atoms with Crippen LogP contribution in [-0.4, -0.2) is 23.4 Å². The van der Waals surface area contributed by atoms with Crippen LogP contribution in [0.2, 0.25) is 5.02 Å². The second-order valence-corrected chi connectivity index (χ2v) is 6.57. The molecule has 0 N–H and O–H groups in total. The number of halogens is 4. The Morgan fingerprint density at radius 1 is 1.30 bits per heavy atom. The molecule has 1 fully saturated rings. The van der Waals surface area contributed by atoms with E-state index in [0.29, 0.717) is 35.7 Å². The standard InChI is InChI=1S/C16H18ClF3N2O/c17-13-2-1-3-14(18)12(13)9-22-10-23-21-15(22)8-11-4-6-16(19,20)7-5-11/h1-3,11H,4-10H2. The molecule has 1 aliphatic carbocycles. The molecule has 3 rings (SSSR count). The largest absolute Gasteiger partial charge is 0.372 e. The quantitative estimate of drug-likeness (QED) is 0.782. The minimum absolute atomic E-state index is 0.0784. The van der Waals surface area contributed by atoms with Crippen LogP contribution in [0.4, 0.5) is 13.2 Å². The maximum absolute atomic E-state index is 13.9. The molecule has 7 heteroatoms. The number of alkyl halides is 2. The second kappa shape index (κ2) is 6.59. The smallest absolute Gasteiger partial charge is 0.248 e. The normalized spacial score (nSPS) is 21.2. The van der Waals surface area contributed by atoms with Crippen molar-refractivity contribution in [3.05, 3.63) is 34.6 Å². The fourth-order valence-corrected chi connectivity index (χ4v) is 3.27. The third kappa shape index (κ3) is 3.91. The summed E-state index contributed by atoms with van der Waals surface area (Å²) in [4.78, 5) is 6.91. The first-order valence-corrected chi connectivity index (χ1v) is 8.07. The monoisotopic (exact) mass is 346 g/mol. The maximum atomic E-state index is 13.9. The summed E-state index contributed by atoms with van der Waals surface area (Å²) >= 11 is 6.05. The van der Waals surface area contributed by atoms with E-state index in [1.807, 2.05) is 0 Å². The minimum Gasteiger partial charge on any atom is -0.372 e. The first-order valence-electron chi connectivity index (χ1n) is 7.69. The molecule has 0 unspecified atom stereocenters. The maximum Gasteiger partial charge on any atom is 0.248 e. The van der Waals surface area contributed by atoms with Gasteiger partial charge in [-0.3, -0.25) is 0 Å². The second-order valence-electron chi connectivity index (χ2n) is 6.17. The molecule has 23 heavy (non-hydrogen) atoms. The molecule has 0 amide bonds.